The fraction of sp³-hybridized carbons (Fsp3) is 0.500. The number of hydrogen-bond donors (Lipinski definition) is 5. The van der Waals surface area contributed by atoms with Crippen molar-refractivity contribution in [3.05, 3.63) is 0 Å². The molecule has 0 aliphatic carbocycles. The summed E-state index contributed by atoms with van der Waals surface area (Å²) in [6, 6.07) is 0. The Kier molecular flexibility index (Phi) is 5.24. The van der Waals surface area contributed by atoms with Crippen LogP contribution in [0.25, 0.3) is 0 Å². The van der Waals surface area contributed by atoms with Crippen molar-refractivity contribution in [2.45, 2.75) is 22.7 Å². The van der Waals surface area contributed by atoms with Gasteiger partial charge in [0.05, 0.1) is 6.42 Å². The maximum Gasteiger partial charge on any atom is 0.364 e. The average molecular weight is 407 g/mol. The second kappa shape index (κ2) is 6.28. The molecule has 15 nitrogen and oxygen atoms in total. The van der Waals surface area contributed by atoms with Gasteiger partial charge in [-0.15, -0.1) is 0 Å². The number of hydrogen-bond acceptors (Lipinski definition) is 11. The lowest BCUT2D eigenvalue weighted by Crippen LogP contribution is -2.53. The molecule has 0 aromatic carbocycles. The first-order valence-corrected chi connectivity index (χ1v) is 8.58. The fourth-order valence-electron chi connectivity index (χ4n) is 1.65. The summed E-state index contributed by atoms with van der Waals surface area (Å²) in [5.74, 6) is -8.55. The molecule has 1 rings (SSSR count). The highest BCUT2D eigenvalue weighted by atomic mass is 32.3. The first kappa shape index (κ1) is 20.9. The van der Waals surface area contributed by atoms with Crippen LogP contribution in [0.2, 0.25) is 0 Å². The molecule has 1 aliphatic heterocycles. The summed E-state index contributed by atoms with van der Waals surface area (Å²) in [5, 5.41) is 25.6. The van der Waals surface area contributed by atoms with E-state index >= 15 is 0 Å². The van der Waals surface area contributed by atoms with Crippen LogP contribution in [0.1, 0.15) is 6.42 Å². The lowest BCUT2D eigenvalue weighted by molar-refractivity contribution is -0.207. The van der Waals surface area contributed by atoms with Gasteiger partial charge in [0.15, 0.2) is 12.2 Å². The van der Waals surface area contributed by atoms with E-state index in [4.69, 9.17) is 24.4 Å². The van der Waals surface area contributed by atoms with Crippen molar-refractivity contribution >= 4 is 44.0 Å². The predicted molar refractivity (Wildman–Crippen MR) is 68.0 cm³/mol. The largest absolute Gasteiger partial charge is 0.479 e. The quantitative estimate of drug-likeness (QED) is 0.205. The van der Waals surface area contributed by atoms with Crippen LogP contribution < -0.4 is 0 Å². The molecule has 2 atom stereocenters. The highest BCUT2D eigenvalue weighted by Gasteiger charge is 2.70. The molecule has 0 radical (unpaired) electrons. The van der Waals surface area contributed by atoms with E-state index in [-0.39, 0.29) is 0 Å². The van der Waals surface area contributed by atoms with E-state index in [9.17, 15) is 36.0 Å². The molecule has 0 saturated carbocycles. The van der Waals surface area contributed by atoms with Crippen LogP contribution in [0.15, 0.2) is 0 Å². The molecule has 2 amide bonds. The SMILES string of the molecule is O=C(O)[C@H](O)[C@@H](O)C(=O)ON1C(=O)CC(S(=O)(=O)O)(S(=O)(=O)O)C1=O. The molecule has 0 unspecified atom stereocenters. The number of hydroxylamine groups is 2. The predicted octanol–water partition coefficient (Wildman–Crippen LogP) is -4.52. The standard InChI is InChI=1S/C8H9NO14S2/c10-2-1-8(24(17,18)19,25(20,21)22)7(16)9(2)23-6(15)4(12)3(11)5(13)14/h3-4,11-12H,1H2,(H,13,14)(H,17,18,19)(H,20,21,22)/t3-,4-/m1/s1. The molecule has 142 valence electrons. The number of amides is 2. The lowest BCUT2D eigenvalue weighted by Gasteiger charge is -2.20. The van der Waals surface area contributed by atoms with Gasteiger partial charge in [0, 0.05) is 0 Å². The number of carbonyl (C=O) groups excluding carboxylic acids is 3. The van der Waals surface area contributed by atoms with Gasteiger partial charge in [0.25, 0.3) is 26.1 Å². The number of imide groups is 1. The van der Waals surface area contributed by atoms with Crippen molar-refractivity contribution in [3.8, 4) is 0 Å². The Hall–Kier alpha value is -2.18. The van der Waals surface area contributed by atoms with Crippen molar-refractivity contribution in [1.82, 2.24) is 5.06 Å². The molecule has 1 heterocycles. The van der Waals surface area contributed by atoms with Crippen molar-refractivity contribution < 1.29 is 65.3 Å². The molecule has 1 aliphatic rings. The van der Waals surface area contributed by atoms with E-state index in [0.29, 0.717) is 0 Å². The van der Waals surface area contributed by atoms with Crippen LogP contribution in [-0.2, 0) is 44.3 Å². The van der Waals surface area contributed by atoms with Crippen LogP contribution in [-0.4, -0.2) is 86.4 Å². The average Bonchev–Trinajstić information content (AvgIpc) is 2.69. The van der Waals surface area contributed by atoms with E-state index in [2.05, 4.69) is 4.84 Å². The van der Waals surface area contributed by atoms with Gasteiger partial charge in [-0.3, -0.25) is 18.7 Å². The normalized spacial score (nSPS) is 20.2. The molecule has 0 spiro atoms. The molecule has 1 saturated heterocycles. The number of carbonyl (C=O) groups is 4. The van der Waals surface area contributed by atoms with Crippen molar-refractivity contribution in [1.29, 1.82) is 0 Å². The van der Waals surface area contributed by atoms with Crippen LogP contribution >= 0.6 is 0 Å². The Morgan fingerprint density at radius 2 is 1.48 bits per heavy atom. The Morgan fingerprint density at radius 3 is 1.80 bits per heavy atom. The second-order valence-corrected chi connectivity index (χ2v) is 8.06. The van der Waals surface area contributed by atoms with Gasteiger partial charge in [-0.1, -0.05) is 5.06 Å². The summed E-state index contributed by atoms with van der Waals surface area (Å²) >= 11 is 0. The third kappa shape index (κ3) is 3.32. The van der Waals surface area contributed by atoms with Gasteiger partial charge >= 0.3 is 21.9 Å². The first-order chi connectivity index (χ1) is 11.1. The van der Waals surface area contributed by atoms with Crippen LogP contribution in [0.5, 0.6) is 0 Å². The van der Waals surface area contributed by atoms with Crippen LogP contribution in [0, 0.1) is 0 Å². The molecular weight excluding hydrogens is 398 g/mol. The summed E-state index contributed by atoms with van der Waals surface area (Å²) in [5.41, 5.74) is 0. The van der Waals surface area contributed by atoms with Gasteiger partial charge in [-0.2, -0.15) is 16.8 Å². The molecular formula is C8H9NO14S2. The molecule has 1 fully saturated rings. The van der Waals surface area contributed by atoms with Gasteiger partial charge in [0.1, 0.15) is 0 Å². The van der Waals surface area contributed by atoms with Crippen LogP contribution in [0.4, 0.5) is 0 Å². The summed E-state index contributed by atoms with van der Waals surface area (Å²) < 4.78 is 58.7. The number of rotatable bonds is 6. The van der Waals surface area contributed by atoms with Crippen molar-refractivity contribution in [3.63, 3.8) is 0 Å². The fourth-order valence-corrected chi connectivity index (χ4v) is 3.93. The van der Waals surface area contributed by atoms with Gasteiger partial charge in [0.2, 0.25) is 0 Å². The second-order valence-electron chi connectivity index (χ2n) is 4.51. The Bertz CT molecular complexity index is 808. The summed E-state index contributed by atoms with van der Waals surface area (Å²) in [4.78, 5) is 49.1. The van der Waals surface area contributed by atoms with E-state index in [1.165, 1.54) is 0 Å². The molecule has 0 aromatic heterocycles. The van der Waals surface area contributed by atoms with Crippen LogP contribution in [0.3, 0.4) is 0 Å². The number of carboxylic acids is 1. The zero-order chi connectivity index (χ0) is 20.0. The maximum absolute atomic E-state index is 11.9. The van der Waals surface area contributed by atoms with Crippen molar-refractivity contribution in [2.75, 3.05) is 0 Å². The minimum Gasteiger partial charge on any atom is -0.479 e. The smallest absolute Gasteiger partial charge is 0.364 e. The number of carboxylic acid groups (broad SMARTS) is 1. The lowest BCUT2D eigenvalue weighted by atomic mass is 10.2. The van der Waals surface area contributed by atoms with E-state index in [0.717, 1.165) is 0 Å². The third-order valence-corrected chi connectivity index (χ3v) is 6.50. The number of nitrogens with zero attached hydrogens (tertiary/aromatic N) is 1. The summed E-state index contributed by atoms with van der Waals surface area (Å²) in [6.07, 6.45) is -7.51. The number of aliphatic hydroxyl groups excluding tert-OH is 2. The molecule has 0 aromatic rings. The Morgan fingerprint density at radius 1 is 1.04 bits per heavy atom. The van der Waals surface area contributed by atoms with Gasteiger partial charge < -0.3 is 20.2 Å². The summed E-state index contributed by atoms with van der Waals surface area (Å²) in [6.45, 7) is 0. The van der Waals surface area contributed by atoms with E-state index < -0.39 is 71.8 Å². The summed E-state index contributed by atoms with van der Waals surface area (Å²) in [7, 11) is -11.9. The zero-order valence-corrected chi connectivity index (χ0v) is 13.2. The minimum atomic E-state index is -5.97. The van der Waals surface area contributed by atoms with E-state index in [1.54, 1.807) is 0 Å². The monoisotopic (exact) mass is 407 g/mol. The topological polar surface area (TPSA) is 250 Å². The third-order valence-electron chi connectivity index (χ3n) is 2.93. The van der Waals surface area contributed by atoms with Gasteiger partial charge in [-0.05, 0) is 0 Å². The Balaban J connectivity index is 3.26. The van der Waals surface area contributed by atoms with Crippen molar-refractivity contribution in [2.24, 2.45) is 0 Å². The van der Waals surface area contributed by atoms with E-state index in [1.807, 2.05) is 0 Å². The zero-order valence-electron chi connectivity index (χ0n) is 11.5. The highest BCUT2D eigenvalue weighted by Crippen LogP contribution is 2.36. The highest BCUT2D eigenvalue weighted by molar-refractivity contribution is 8.06. The Labute approximate surface area is 137 Å². The number of aliphatic carboxylic acids is 1. The maximum atomic E-state index is 11.9. The number of aliphatic hydroxyl groups is 2. The molecule has 17 heteroatoms. The first-order valence-electron chi connectivity index (χ1n) is 5.70. The molecule has 5 N–H and O–H groups in total. The minimum absolute atomic E-state index is 0.818. The molecule has 0 bridgehead atoms. The van der Waals surface area contributed by atoms with Gasteiger partial charge in [-0.25, -0.2) is 9.59 Å². The molecule has 25 heavy (non-hydrogen) atoms.